The van der Waals surface area contributed by atoms with Crippen molar-refractivity contribution in [2.75, 3.05) is 40.0 Å². The zero-order valence-corrected chi connectivity index (χ0v) is 21.5. The number of amides is 3. The molecule has 1 aromatic carbocycles. The average Bonchev–Trinajstić information content (AvgIpc) is 3.00. The van der Waals surface area contributed by atoms with E-state index in [1.165, 1.54) is 7.11 Å². The Morgan fingerprint density at radius 1 is 1.12 bits per heavy atom. The number of esters is 1. The second-order valence-corrected chi connectivity index (χ2v) is 9.53. The van der Waals surface area contributed by atoms with Crippen LogP contribution in [0, 0.1) is 0 Å². The fourth-order valence-corrected chi connectivity index (χ4v) is 4.87. The van der Waals surface area contributed by atoms with E-state index < -0.39 is 17.1 Å². The van der Waals surface area contributed by atoms with Gasteiger partial charge >= 0.3 is 5.97 Å². The normalized spacial score (nSPS) is 17.7. The van der Waals surface area contributed by atoms with Crippen LogP contribution in [-0.4, -0.2) is 72.8 Å². The quantitative estimate of drug-likeness (QED) is 0.352. The van der Waals surface area contributed by atoms with Crippen molar-refractivity contribution in [3.8, 4) is 11.5 Å². The molecule has 11 heteroatoms. The van der Waals surface area contributed by atoms with Gasteiger partial charge in [0.15, 0.2) is 18.1 Å². The van der Waals surface area contributed by atoms with E-state index >= 15 is 0 Å². The molecule has 2 saturated heterocycles. The molecule has 2 aliphatic heterocycles. The minimum absolute atomic E-state index is 0.205. The Morgan fingerprint density at radius 2 is 1.82 bits per heavy atom. The number of likely N-dealkylation sites (tertiary alicyclic amines) is 1. The smallest absolute Gasteiger partial charge is 0.344 e. The summed E-state index contributed by atoms with van der Waals surface area (Å²) in [5.74, 6) is -0.568. The topological polar surface area (TPSA) is 102 Å². The van der Waals surface area contributed by atoms with E-state index in [1.54, 1.807) is 30.0 Å². The first-order valence-electron chi connectivity index (χ1n) is 11.0. The molecule has 0 radical (unpaired) electrons. The summed E-state index contributed by atoms with van der Waals surface area (Å²) in [6, 6.07) is 3.23. The lowest BCUT2D eigenvalue weighted by atomic mass is 10.2. The van der Waals surface area contributed by atoms with Crippen LogP contribution in [0.5, 0.6) is 11.5 Å². The summed E-state index contributed by atoms with van der Waals surface area (Å²) in [6.07, 6.45) is 5.59. The van der Waals surface area contributed by atoms with Gasteiger partial charge in [-0.15, -0.1) is 0 Å². The van der Waals surface area contributed by atoms with Gasteiger partial charge < -0.3 is 19.1 Å². The van der Waals surface area contributed by atoms with Crippen molar-refractivity contribution in [3.63, 3.8) is 0 Å². The Labute approximate surface area is 210 Å². The highest BCUT2D eigenvalue weighted by molar-refractivity contribution is 9.10. The van der Waals surface area contributed by atoms with Gasteiger partial charge in [0.1, 0.15) is 6.54 Å². The van der Waals surface area contributed by atoms with Gasteiger partial charge in [0, 0.05) is 17.6 Å². The second-order valence-electron chi connectivity index (χ2n) is 7.68. The maximum absolute atomic E-state index is 12.9. The maximum Gasteiger partial charge on any atom is 0.344 e. The van der Waals surface area contributed by atoms with Crippen LogP contribution < -0.4 is 9.47 Å². The van der Waals surface area contributed by atoms with Crippen LogP contribution in [0.3, 0.4) is 0 Å². The van der Waals surface area contributed by atoms with Gasteiger partial charge in [0.05, 0.1) is 18.6 Å². The highest BCUT2D eigenvalue weighted by Crippen LogP contribution is 2.38. The van der Waals surface area contributed by atoms with Crippen LogP contribution in [-0.2, 0) is 19.1 Å². The van der Waals surface area contributed by atoms with Gasteiger partial charge in [-0.2, -0.15) is 0 Å². The summed E-state index contributed by atoms with van der Waals surface area (Å²) in [6.45, 7) is 2.73. The molecule has 9 nitrogen and oxygen atoms in total. The van der Waals surface area contributed by atoms with Crippen LogP contribution in [0.25, 0.3) is 6.08 Å². The predicted molar refractivity (Wildman–Crippen MR) is 131 cm³/mol. The number of halogens is 1. The van der Waals surface area contributed by atoms with Crippen LogP contribution >= 0.6 is 27.7 Å². The molecular weight excluding hydrogens is 528 g/mol. The fourth-order valence-electron chi connectivity index (χ4n) is 3.61. The number of hydrogen-bond donors (Lipinski definition) is 0. The van der Waals surface area contributed by atoms with E-state index in [9.17, 15) is 19.2 Å². The summed E-state index contributed by atoms with van der Waals surface area (Å²) >= 11 is 4.22. The molecule has 0 spiro atoms. The third-order valence-corrected chi connectivity index (χ3v) is 6.94. The number of ether oxygens (including phenoxy) is 3. The zero-order chi connectivity index (χ0) is 24.7. The Bertz CT molecular complexity index is 990. The summed E-state index contributed by atoms with van der Waals surface area (Å²) in [5.41, 5.74) is 0.574. The largest absolute Gasteiger partial charge is 0.493 e. The molecule has 3 rings (SSSR count). The average molecular weight is 555 g/mol. The first kappa shape index (κ1) is 26.1. The molecule has 0 atom stereocenters. The number of rotatable bonds is 8. The van der Waals surface area contributed by atoms with Crippen LogP contribution in [0.2, 0.25) is 0 Å². The van der Waals surface area contributed by atoms with Gasteiger partial charge in [0.2, 0.25) is 5.91 Å². The van der Waals surface area contributed by atoms with Crippen molar-refractivity contribution in [1.82, 2.24) is 9.80 Å². The van der Waals surface area contributed by atoms with Crippen molar-refractivity contribution in [1.29, 1.82) is 0 Å². The zero-order valence-electron chi connectivity index (χ0n) is 19.1. The third-order valence-electron chi connectivity index (χ3n) is 5.35. The molecule has 3 amide bonds. The lowest BCUT2D eigenvalue weighted by molar-refractivity contribution is -0.145. The summed E-state index contributed by atoms with van der Waals surface area (Å²) in [4.78, 5) is 52.6. The molecule has 1 aromatic rings. The Morgan fingerprint density at radius 3 is 2.47 bits per heavy atom. The van der Waals surface area contributed by atoms with Crippen LogP contribution in [0.4, 0.5) is 4.79 Å². The molecule has 2 heterocycles. The van der Waals surface area contributed by atoms with Gasteiger partial charge in [-0.05, 0) is 55.3 Å². The van der Waals surface area contributed by atoms with Crippen molar-refractivity contribution >= 4 is 56.8 Å². The SMILES string of the molecule is CCOC(=O)COc1cc(Br)c(C=C2SC(=O)N(CC(=O)N3CCCCCC3)C2=O)cc1OC. The minimum Gasteiger partial charge on any atom is -0.493 e. The van der Waals surface area contributed by atoms with E-state index in [1.807, 2.05) is 0 Å². The third kappa shape index (κ3) is 6.53. The minimum atomic E-state index is -0.508. The summed E-state index contributed by atoms with van der Waals surface area (Å²) in [7, 11) is 1.45. The standard InChI is InChI=1S/C23H27BrN2O7S/c1-3-32-21(28)14-33-18-12-16(24)15(10-17(18)31-2)11-19-22(29)26(23(30)34-19)13-20(27)25-8-6-4-5-7-9-25/h10-12H,3-9,13-14H2,1-2H3. The molecule has 0 saturated carbocycles. The summed E-state index contributed by atoms with van der Waals surface area (Å²) in [5, 5.41) is -0.475. The number of carbonyl (C=O) groups excluding carboxylic acids is 4. The number of benzene rings is 1. The van der Waals surface area contributed by atoms with Gasteiger partial charge in [-0.3, -0.25) is 19.3 Å². The number of hydrogen-bond acceptors (Lipinski definition) is 8. The molecule has 184 valence electrons. The summed E-state index contributed by atoms with van der Waals surface area (Å²) < 4.78 is 16.3. The van der Waals surface area contributed by atoms with E-state index in [-0.39, 0.29) is 30.6 Å². The van der Waals surface area contributed by atoms with Crippen molar-refractivity contribution in [3.05, 3.63) is 27.1 Å². The van der Waals surface area contributed by atoms with Crippen molar-refractivity contribution in [2.24, 2.45) is 0 Å². The molecule has 2 fully saturated rings. The molecule has 0 aliphatic carbocycles. The number of nitrogens with zero attached hydrogens (tertiary/aromatic N) is 2. The Balaban J connectivity index is 1.73. The van der Waals surface area contributed by atoms with E-state index in [0.717, 1.165) is 42.3 Å². The molecule has 0 aromatic heterocycles. The van der Waals surface area contributed by atoms with Crippen LogP contribution in [0.1, 0.15) is 38.2 Å². The first-order chi connectivity index (χ1) is 16.3. The molecule has 0 unspecified atom stereocenters. The first-order valence-corrected chi connectivity index (χ1v) is 12.6. The van der Waals surface area contributed by atoms with Gasteiger partial charge in [0.25, 0.3) is 11.1 Å². The maximum atomic E-state index is 12.9. The predicted octanol–water partition coefficient (Wildman–Crippen LogP) is 3.84. The molecule has 2 aliphatic rings. The van der Waals surface area contributed by atoms with Gasteiger partial charge in [-0.25, -0.2) is 4.79 Å². The molecule has 0 N–H and O–H groups in total. The Kier molecular flexibility index (Phi) is 9.40. The molecule has 0 bridgehead atoms. The molecule has 34 heavy (non-hydrogen) atoms. The highest BCUT2D eigenvalue weighted by Gasteiger charge is 2.37. The lowest BCUT2D eigenvalue weighted by Crippen LogP contribution is -2.42. The van der Waals surface area contributed by atoms with Crippen LogP contribution in [0.15, 0.2) is 21.5 Å². The number of thioether (sulfide) groups is 1. The lowest BCUT2D eigenvalue weighted by Gasteiger charge is -2.22. The van der Waals surface area contributed by atoms with Crippen molar-refractivity contribution < 1.29 is 33.4 Å². The van der Waals surface area contributed by atoms with E-state index in [2.05, 4.69) is 15.9 Å². The van der Waals surface area contributed by atoms with Crippen molar-refractivity contribution in [2.45, 2.75) is 32.6 Å². The van der Waals surface area contributed by atoms with Gasteiger partial charge in [-0.1, -0.05) is 28.8 Å². The number of imide groups is 1. The highest BCUT2D eigenvalue weighted by atomic mass is 79.9. The molecular formula is C23H27BrN2O7S. The number of methoxy groups -OCH3 is 1. The monoisotopic (exact) mass is 554 g/mol. The fraction of sp³-hybridized carbons (Fsp3) is 0.478. The van der Waals surface area contributed by atoms with E-state index in [0.29, 0.717) is 34.6 Å². The Hall–Kier alpha value is -2.53. The number of carbonyl (C=O) groups is 4. The van der Waals surface area contributed by atoms with E-state index in [4.69, 9.17) is 14.2 Å². The second kappa shape index (κ2) is 12.3.